The maximum Gasteiger partial charge on any atom is 0.0471 e. The van der Waals surface area contributed by atoms with Crippen molar-refractivity contribution in [2.24, 2.45) is 0 Å². The van der Waals surface area contributed by atoms with Gasteiger partial charge < -0.3 is 10.0 Å². The Bertz CT molecular complexity index is 347. The number of halogens is 1. The summed E-state index contributed by atoms with van der Waals surface area (Å²) in [4.78, 5) is 2.32. The smallest absolute Gasteiger partial charge is 0.0471 e. The molecule has 0 saturated carbocycles. The van der Waals surface area contributed by atoms with E-state index in [1.807, 2.05) is 0 Å². The molecule has 15 heavy (non-hydrogen) atoms. The van der Waals surface area contributed by atoms with Gasteiger partial charge in [-0.3, -0.25) is 0 Å². The Morgan fingerprint density at radius 3 is 2.73 bits per heavy atom. The molecule has 2 nitrogen and oxygen atoms in total. The van der Waals surface area contributed by atoms with E-state index in [1.54, 1.807) is 0 Å². The van der Waals surface area contributed by atoms with Crippen molar-refractivity contribution >= 4 is 15.9 Å². The van der Waals surface area contributed by atoms with Crippen molar-refractivity contribution in [3.63, 3.8) is 0 Å². The number of likely N-dealkylation sites (tertiary alicyclic amines) is 1. The van der Waals surface area contributed by atoms with Gasteiger partial charge in [-0.25, -0.2) is 0 Å². The molecule has 0 spiro atoms. The SMILES string of the molecule is CN1CC(c2ccc(CCO)cc2Br)C1. The summed E-state index contributed by atoms with van der Waals surface area (Å²) in [5.74, 6) is 0.674. The second-order valence-corrected chi connectivity index (χ2v) is 5.10. The predicted octanol–water partition coefficient (Wildman–Crippen LogP) is 2.01. The van der Waals surface area contributed by atoms with Crippen molar-refractivity contribution in [2.75, 3.05) is 26.7 Å². The van der Waals surface area contributed by atoms with Gasteiger partial charge in [0.2, 0.25) is 0 Å². The van der Waals surface area contributed by atoms with Gasteiger partial charge in [-0.2, -0.15) is 0 Å². The first-order valence-corrected chi connectivity index (χ1v) is 6.07. The Morgan fingerprint density at radius 2 is 2.20 bits per heavy atom. The van der Waals surface area contributed by atoms with E-state index in [0.29, 0.717) is 5.92 Å². The Kier molecular flexibility index (Phi) is 3.44. The van der Waals surface area contributed by atoms with Crippen LogP contribution in [0.5, 0.6) is 0 Å². The molecule has 3 heteroatoms. The van der Waals surface area contributed by atoms with Gasteiger partial charge in [-0.1, -0.05) is 28.1 Å². The van der Waals surface area contributed by atoms with Crippen LogP contribution in [-0.2, 0) is 6.42 Å². The van der Waals surface area contributed by atoms with Crippen LogP contribution in [0.4, 0.5) is 0 Å². The molecule has 0 amide bonds. The first-order chi connectivity index (χ1) is 7.20. The summed E-state index contributed by atoms with van der Waals surface area (Å²) in [6.45, 7) is 2.52. The third-order valence-corrected chi connectivity index (χ3v) is 3.66. The Labute approximate surface area is 99.0 Å². The van der Waals surface area contributed by atoms with E-state index in [1.165, 1.54) is 15.6 Å². The summed E-state index contributed by atoms with van der Waals surface area (Å²) < 4.78 is 1.19. The molecule has 0 aromatic heterocycles. The molecule has 0 aliphatic carbocycles. The van der Waals surface area contributed by atoms with Gasteiger partial charge in [-0.05, 0) is 30.7 Å². The van der Waals surface area contributed by atoms with Gasteiger partial charge in [0, 0.05) is 30.1 Å². The summed E-state index contributed by atoms with van der Waals surface area (Å²) in [5, 5.41) is 8.86. The molecular weight excluding hydrogens is 254 g/mol. The highest BCUT2D eigenvalue weighted by Crippen LogP contribution is 2.31. The molecule has 1 N–H and O–H groups in total. The van der Waals surface area contributed by atoms with Gasteiger partial charge in [0.25, 0.3) is 0 Å². The van der Waals surface area contributed by atoms with Crippen molar-refractivity contribution < 1.29 is 5.11 Å². The fourth-order valence-electron chi connectivity index (χ4n) is 2.08. The quantitative estimate of drug-likeness (QED) is 0.908. The van der Waals surface area contributed by atoms with Crippen LogP contribution in [0.15, 0.2) is 22.7 Å². The number of aliphatic hydroxyl groups excluding tert-OH is 1. The van der Waals surface area contributed by atoms with Crippen molar-refractivity contribution in [3.05, 3.63) is 33.8 Å². The lowest BCUT2D eigenvalue weighted by molar-refractivity contribution is 0.189. The monoisotopic (exact) mass is 269 g/mol. The highest BCUT2D eigenvalue weighted by molar-refractivity contribution is 9.10. The maximum atomic E-state index is 8.86. The fourth-order valence-corrected chi connectivity index (χ4v) is 2.83. The van der Waals surface area contributed by atoms with Crippen molar-refractivity contribution in [1.29, 1.82) is 0 Å². The molecule has 0 unspecified atom stereocenters. The van der Waals surface area contributed by atoms with E-state index in [2.05, 4.69) is 46.1 Å². The summed E-state index contributed by atoms with van der Waals surface area (Å²) >= 11 is 3.61. The van der Waals surface area contributed by atoms with Crippen LogP contribution in [0.3, 0.4) is 0 Å². The minimum Gasteiger partial charge on any atom is -0.396 e. The van der Waals surface area contributed by atoms with Crippen LogP contribution in [0.2, 0.25) is 0 Å². The van der Waals surface area contributed by atoms with Crippen molar-refractivity contribution in [1.82, 2.24) is 4.90 Å². The van der Waals surface area contributed by atoms with Crippen LogP contribution in [0.1, 0.15) is 17.0 Å². The zero-order valence-corrected chi connectivity index (χ0v) is 10.5. The number of hydrogen-bond acceptors (Lipinski definition) is 2. The first kappa shape index (κ1) is 11.1. The van der Waals surface area contributed by atoms with E-state index < -0.39 is 0 Å². The van der Waals surface area contributed by atoms with Crippen molar-refractivity contribution in [2.45, 2.75) is 12.3 Å². The predicted molar refractivity (Wildman–Crippen MR) is 65.2 cm³/mol. The molecule has 1 aliphatic rings. The third-order valence-electron chi connectivity index (χ3n) is 2.97. The van der Waals surface area contributed by atoms with E-state index in [0.717, 1.165) is 19.5 Å². The van der Waals surface area contributed by atoms with Gasteiger partial charge in [0.05, 0.1) is 0 Å². The zero-order chi connectivity index (χ0) is 10.8. The minimum atomic E-state index is 0.220. The molecule has 2 rings (SSSR count). The molecule has 1 fully saturated rings. The van der Waals surface area contributed by atoms with Gasteiger partial charge in [-0.15, -0.1) is 0 Å². The summed E-state index contributed by atoms with van der Waals surface area (Å²) in [6, 6.07) is 6.44. The molecule has 82 valence electrons. The number of likely N-dealkylation sites (N-methyl/N-ethyl adjacent to an activating group) is 1. The fraction of sp³-hybridized carbons (Fsp3) is 0.500. The lowest BCUT2D eigenvalue weighted by atomic mass is 9.91. The molecule has 1 saturated heterocycles. The number of hydrogen-bond donors (Lipinski definition) is 1. The molecule has 1 heterocycles. The van der Waals surface area contributed by atoms with Gasteiger partial charge >= 0.3 is 0 Å². The molecule has 1 aliphatic heterocycles. The molecule has 0 atom stereocenters. The van der Waals surface area contributed by atoms with E-state index in [4.69, 9.17) is 5.11 Å². The second kappa shape index (κ2) is 4.64. The zero-order valence-electron chi connectivity index (χ0n) is 8.91. The topological polar surface area (TPSA) is 23.5 Å². The lowest BCUT2D eigenvalue weighted by Crippen LogP contribution is -2.41. The average molecular weight is 270 g/mol. The summed E-state index contributed by atoms with van der Waals surface area (Å²) in [7, 11) is 2.14. The average Bonchev–Trinajstić information content (AvgIpc) is 2.15. The standard InChI is InChI=1S/C12H16BrNO/c1-14-7-10(8-14)11-3-2-9(4-5-15)6-12(11)13/h2-3,6,10,15H,4-5,7-8H2,1H3. The molecular formula is C12H16BrNO. The number of aliphatic hydroxyl groups is 1. The molecule has 0 bridgehead atoms. The van der Waals surface area contributed by atoms with E-state index in [9.17, 15) is 0 Å². The van der Waals surface area contributed by atoms with Crippen LogP contribution in [0, 0.1) is 0 Å². The largest absolute Gasteiger partial charge is 0.396 e. The van der Waals surface area contributed by atoms with Crippen LogP contribution < -0.4 is 0 Å². The lowest BCUT2D eigenvalue weighted by Gasteiger charge is -2.37. The molecule has 1 aromatic carbocycles. The first-order valence-electron chi connectivity index (χ1n) is 5.28. The number of nitrogens with zero attached hydrogens (tertiary/aromatic N) is 1. The van der Waals surface area contributed by atoms with Crippen LogP contribution in [-0.4, -0.2) is 36.8 Å². The normalized spacial score (nSPS) is 17.8. The van der Waals surface area contributed by atoms with E-state index in [-0.39, 0.29) is 6.61 Å². The highest BCUT2D eigenvalue weighted by Gasteiger charge is 2.26. The number of benzene rings is 1. The molecule has 1 aromatic rings. The highest BCUT2D eigenvalue weighted by atomic mass is 79.9. The Hall–Kier alpha value is -0.380. The number of rotatable bonds is 3. The van der Waals surface area contributed by atoms with Crippen molar-refractivity contribution in [3.8, 4) is 0 Å². The third kappa shape index (κ3) is 2.41. The van der Waals surface area contributed by atoms with Gasteiger partial charge in [0.15, 0.2) is 0 Å². The minimum absolute atomic E-state index is 0.220. The Balaban J connectivity index is 2.12. The van der Waals surface area contributed by atoms with E-state index >= 15 is 0 Å². The van der Waals surface area contributed by atoms with Crippen LogP contribution >= 0.6 is 15.9 Å². The maximum absolute atomic E-state index is 8.86. The van der Waals surface area contributed by atoms with Gasteiger partial charge in [0.1, 0.15) is 0 Å². The Morgan fingerprint density at radius 1 is 1.47 bits per heavy atom. The summed E-state index contributed by atoms with van der Waals surface area (Å²) in [6.07, 6.45) is 0.740. The summed E-state index contributed by atoms with van der Waals surface area (Å²) in [5.41, 5.74) is 2.59. The second-order valence-electron chi connectivity index (χ2n) is 4.25. The van der Waals surface area contributed by atoms with Crippen LogP contribution in [0.25, 0.3) is 0 Å². The molecule has 0 radical (unpaired) electrons.